The largest absolute Gasteiger partial charge is 0.419 e. The lowest BCUT2D eigenvalue weighted by Crippen LogP contribution is -2.10. The topological polar surface area (TPSA) is 91.4 Å². The van der Waals surface area contributed by atoms with E-state index in [1.165, 1.54) is 34.1 Å². The normalized spacial score (nSPS) is 11.8. The molecule has 0 saturated carbocycles. The summed E-state index contributed by atoms with van der Waals surface area (Å²) >= 11 is 1.51. The van der Waals surface area contributed by atoms with Gasteiger partial charge in [-0.25, -0.2) is 9.78 Å². The third-order valence-electron chi connectivity index (χ3n) is 3.98. The third-order valence-corrected chi connectivity index (χ3v) is 6.23. The van der Waals surface area contributed by atoms with E-state index in [9.17, 15) is 13.2 Å². The van der Waals surface area contributed by atoms with Crippen molar-refractivity contribution < 1.29 is 17.0 Å². The molecule has 7 nitrogen and oxygen atoms in total. The summed E-state index contributed by atoms with van der Waals surface area (Å²) in [5, 5.41) is 2.80. The van der Waals surface area contributed by atoms with Crippen LogP contribution in [0.25, 0.3) is 21.7 Å². The fourth-order valence-electron chi connectivity index (χ4n) is 2.58. The molecule has 27 heavy (non-hydrogen) atoms. The Morgan fingerprint density at radius 2 is 1.89 bits per heavy atom. The van der Waals surface area contributed by atoms with Crippen molar-refractivity contribution in [1.29, 1.82) is 0 Å². The van der Waals surface area contributed by atoms with E-state index >= 15 is 0 Å². The monoisotopic (exact) mass is 402 g/mol. The SMILES string of the molecule is Cc1csc(-c2ccc(OS(=O)(=O)c3ccc4c(c3)oc(=O)n4C)cc2)n1. The summed E-state index contributed by atoms with van der Waals surface area (Å²) in [5.74, 6) is -0.380. The predicted molar refractivity (Wildman–Crippen MR) is 102 cm³/mol. The van der Waals surface area contributed by atoms with Crippen LogP contribution in [0.1, 0.15) is 5.69 Å². The standard InChI is InChI=1S/C18H14N2O5S2/c1-11-10-26-17(19-11)12-3-5-13(6-4-12)25-27(22,23)14-7-8-15-16(9-14)24-18(21)20(15)2/h3-10H,1-2H3. The molecule has 0 saturated heterocycles. The first-order valence-corrected chi connectivity index (χ1v) is 10.2. The van der Waals surface area contributed by atoms with Crippen molar-refractivity contribution in [1.82, 2.24) is 9.55 Å². The summed E-state index contributed by atoms with van der Waals surface area (Å²) in [5.41, 5.74) is 2.50. The Bertz CT molecular complexity index is 1300. The van der Waals surface area contributed by atoms with Gasteiger partial charge in [0.05, 0.1) is 5.52 Å². The zero-order valence-electron chi connectivity index (χ0n) is 14.4. The molecule has 2 aromatic carbocycles. The van der Waals surface area contributed by atoms with Crippen molar-refractivity contribution >= 4 is 32.6 Å². The predicted octanol–water partition coefficient (Wildman–Crippen LogP) is 3.33. The number of oxazole rings is 1. The Morgan fingerprint density at radius 3 is 2.56 bits per heavy atom. The van der Waals surface area contributed by atoms with E-state index in [1.54, 1.807) is 31.3 Å². The quantitative estimate of drug-likeness (QED) is 0.486. The van der Waals surface area contributed by atoms with Gasteiger partial charge in [0.15, 0.2) is 5.58 Å². The molecule has 0 N–H and O–H groups in total. The van der Waals surface area contributed by atoms with Gasteiger partial charge >= 0.3 is 15.9 Å². The van der Waals surface area contributed by atoms with Crippen molar-refractivity contribution in [2.75, 3.05) is 0 Å². The molecule has 0 radical (unpaired) electrons. The first-order valence-electron chi connectivity index (χ1n) is 7.90. The minimum Gasteiger partial charge on any atom is -0.408 e. The Hall–Kier alpha value is -2.91. The molecular weight excluding hydrogens is 388 g/mol. The molecule has 0 aliphatic heterocycles. The van der Waals surface area contributed by atoms with Gasteiger partial charge in [0.2, 0.25) is 0 Å². The van der Waals surface area contributed by atoms with Crippen LogP contribution in [0.5, 0.6) is 5.75 Å². The maximum Gasteiger partial charge on any atom is 0.419 e. The van der Waals surface area contributed by atoms with Crippen LogP contribution in [0.4, 0.5) is 0 Å². The molecule has 4 aromatic rings. The van der Waals surface area contributed by atoms with Crippen LogP contribution in [0, 0.1) is 6.92 Å². The molecule has 0 amide bonds. The number of hydrogen-bond acceptors (Lipinski definition) is 7. The second-order valence-corrected chi connectivity index (χ2v) is 8.32. The van der Waals surface area contributed by atoms with Crippen LogP contribution in [0.2, 0.25) is 0 Å². The minimum atomic E-state index is -4.07. The zero-order valence-corrected chi connectivity index (χ0v) is 16.0. The number of fused-ring (bicyclic) bond motifs is 1. The molecule has 9 heteroatoms. The fourth-order valence-corrected chi connectivity index (χ4v) is 4.33. The van der Waals surface area contributed by atoms with Gasteiger partial charge in [0, 0.05) is 29.8 Å². The molecule has 2 aromatic heterocycles. The smallest absolute Gasteiger partial charge is 0.408 e. The molecule has 0 aliphatic carbocycles. The van der Waals surface area contributed by atoms with Crippen LogP contribution in [0.15, 0.2) is 62.0 Å². The van der Waals surface area contributed by atoms with Gasteiger partial charge in [-0.3, -0.25) is 4.57 Å². The maximum absolute atomic E-state index is 12.5. The Labute approximate surface area is 158 Å². The van der Waals surface area contributed by atoms with Gasteiger partial charge in [-0.15, -0.1) is 11.3 Å². The van der Waals surface area contributed by atoms with Crippen molar-refractivity contribution in [2.24, 2.45) is 7.05 Å². The lowest BCUT2D eigenvalue weighted by molar-refractivity contribution is 0.485. The minimum absolute atomic E-state index is 0.0935. The van der Waals surface area contributed by atoms with Crippen molar-refractivity contribution in [2.45, 2.75) is 11.8 Å². The molecule has 0 unspecified atom stereocenters. The highest BCUT2D eigenvalue weighted by molar-refractivity contribution is 7.87. The van der Waals surface area contributed by atoms with E-state index in [-0.39, 0.29) is 16.2 Å². The van der Waals surface area contributed by atoms with Gasteiger partial charge in [0.25, 0.3) is 0 Å². The highest BCUT2D eigenvalue weighted by Gasteiger charge is 2.19. The number of rotatable bonds is 4. The number of aryl methyl sites for hydroxylation is 2. The Kier molecular flexibility index (Phi) is 4.12. The Morgan fingerprint density at radius 1 is 1.15 bits per heavy atom. The number of nitrogens with zero attached hydrogens (tertiary/aromatic N) is 2. The molecule has 0 fully saturated rings. The summed E-state index contributed by atoms with van der Waals surface area (Å²) in [4.78, 5) is 15.9. The van der Waals surface area contributed by atoms with Gasteiger partial charge in [0.1, 0.15) is 15.7 Å². The van der Waals surface area contributed by atoms with Crippen molar-refractivity contribution in [3.8, 4) is 16.3 Å². The highest BCUT2D eigenvalue weighted by atomic mass is 32.2. The molecule has 0 bridgehead atoms. The first-order chi connectivity index (χ1) is 12.8. The van der Waals surface area contributed by atoms with E-state index in [0.717, 1.165) is 16.3 Å². The number of hydrogen-bond donors (Lipinski definition) is 0. The summed E-state index contributed by atoms with van der Waals surface area (Å²) in [7, 11) is -2.52. The van der Waals surface area contributed by atoms with Crippen LogP contribution in [-0.2, 0) is 17.2 Å². The highest BCUT2D eigenvalue weighted by Crippen LogP contribution is 2.27. The lowest BCUT2D eigenvalue weighted by atomic mass is 10.2. The van der Waals surface area contributed by atoms with E-state index in [4.69, 9.17) is 8.60 Å². The molecule has 0 spiro atoms. The molecule has 0 aliphatic rings. The second-order valence-electron chi connectivity index (χ2n) is 5.91. The summed E-state index contributed by atoms with van der Waals surface area (Å²) < 4.78 is 36.6. The van der Waals surface area contributed by atoms with Gasteiger partial charge in [-0.05, 0) is 43.3 Å². The van der Waals surface area contributed by atoms with Crippen LogP contribution < -0.4 is 9.94 Å². The number of aromatic nitrogens is 2. The first kappa shape index (κ1) is 17.5. The molecule has 2 heterocycles. The fraction of sp³-hybridized carbons (Fsp3) is 0.111. The van der Waals surface area contributed by atoms with Crippen molar-refractivity contribution in [3.63, 3.8) is 0 Å². The second kappa shape index (κ2) is 6.36. The van der Waals surface area contributed by atoms with E-state index in [0.29, 0.717) is 5.52 Å². The number of thiazole rings is 1. The zero-order chi connectivity index (χ0) is 19.2. The summed E-state index contributed by atoms with van der Waals surface area (Å²) in [6.07, 6.45) is 0. The average molecular weight is 402 g/mol. The molecule has 138 valence electrons. The Balaban J connectivity index is 1.62. The summed E-state index contributed by atoms with van der Waals surface area (Å²) in [6, 6.07) is 10.8. The van der Waals surface area contributed by atoms with Crippen LogP contribution >= 0.6 is 11.3 Å². The van der Waals surface area contributed by atoms with Crippen molar-refractivity contribution in [3.05, 3.63) is 64.1 Å². The lowest BCUT2D eigenvalue weighted by Gasteiger charge is -2.07. The van der Waals surface area contributed by atoms with Gasteiger partial charge in [-0.2, -0.15) is 8.42 Å². The van der Waals surface area contributed by atoms with Gasteiger partial charge < -0.3 is 8.60 Å². The third kappa shape index (κ3) is 3.26. The van der Waals surface area contributed by atoms with Crippen LogP contribution in [-0.4, -0.2) is 18.0 Å². The molecule has 0 atom stereocenters. The van der Waals surface area contributed by atoms with Crippen LogP contribution in [0.3, 0.4) is 0 Å². The number of benzene rings is 2. The van der Waals surface area contributed by atoms with E-state index in [2.05, 4.69) is 4.98 Å². The molecular formula is C18H14N2O5S2. The van der Waals surface area contributed by atoms with E-state index < -0.39 is 15.9 Å². The summed E-state index contributed by atoms with van der Waals surface area (Å²) in [6.45, 7) is 1.91. The molecule has 4 rings (SSSR count). The van der Waals surface area contributed by atoms with E-state index in [1.807, 2.05) is 12.3 Å². The van der Waals surface area contributed by atoms with Gasteiger partial charge in [-0.1, -0.05) is 0 Å². The maximum atomic E-state index is 12.5. The average Bonchev–Trinajstić information content (AvgIpc) is 3.19.